The minimum atomic E-state index is -1.29. The number of fused-ring (bicyclic) bond motifs is 1. The zero-order valence-corrected chi connectivity index (χ0v) is 29.4. The van der Waals surface area contributed by atoms with E-state index in [1.807, 2.05) is 58.9 Å². The van der Waals surface area contributed by atoms with E-state index in [-0.39, 0.29) is 44.5 Å². The van der Waals surface area contributed by atoms with Crippen LogP contribution < -0.4 is 10.2 Å². The van der Waals surface area contributed by atoms with E-state index in [0.29, 0.717) is 34.5 Å². The molecule has 3 aromatic rings. The first-order chi connectivity index (χ1) is 21.1. The van der Waals surface area contributed by atoms with Gasteiger partial charge in [-0.1, -0.05) is 62.4 Å². The normalized spacial score (nSPS) is 23.6. The molecule has 2 N–H and O–H groups in total. The van der Waals surface area contributed by atoms with Crippen LogP contribution in [0.4, 0.5) is 0 Å². The maximum absolute atomic E-state index is 10.2. The number of halogens is 1. The minimum absolute atomic E-state index is 0.117. The molecule has 2 aliphatic heterocycles. The summed E-state index contributed by atoms with van der Waals surface area (Å²) in [5.74, 6) is -0.457. The topological polar surface area (TPSA) is 117 Å². The predicted molar refractivity (Wildman–Crippen MR) is 179 cm³/mol. The van der Waals surface area contributed by atoms with Crippen LogP contribution in [0, 0.1) is 11.8 Å². The molecule has 4 atom stereocenters. The lowest BCUT2D eigenvalue weighted by Gasteiger charge is -2.32. The summed E-state index contributed by atoms with van der Waals surface area (Å²) in [6, 6.07) is 11.0. The molecule has 0 saturated carbocycles. The molecule has 0 bridgehead atoms. The molecule has 0 spiro atoms. The molecule has 0 unspecified atom stereocenters. The highest BCUT2D eigenvalue weighted by Gasteiger charge is 2.51. The highest BCUT2D eigenvalue weighted by Crippen LogP contribution is 2.37. The number of hydrogen-bond acceptors (Lipinski definition) is 9. The summed E-state index contributed by atoms with van der Waals surface area (Å²) < 4.78 is 32.3. The Hall–Kier alpha value is -2.03. The van der Waals surface area contributed by atoms with Gasteiger partial charge in [0.05, 0.1) is 53.9 Å². The van der Waals surface area contributed by atoms with Crippen molar-refractivity contribution in [2.45, 2.75) is 90.4 Å². The third-order valence-electron chi connectivity index (χ3n) is 9.28. The molecule has 1 aromatic carbocycles. The number of aromatic nitrogens is 3. The van der Waals surface area contributed by atoms with Crippen molar-refractivity contribution >= 4 is 43.4 Å². The quantitative estimate of drug-likeness (QED) is 0.210. The Labute approximate surface area is 272 Å². The Balaban J connectivity index is 1.42. The number of rotatable bonds is 12. The number of benzene rings is 1. The summed E-state index contributed by atoms with van der Waals surface area (Å²) in [5.41, 5.74) is 2.65. The van der Waals surface area contributed by atoms with Gasteiger partial charge in [0, 0.05) is 32.1 Å². The molecule has 0 aliphatic carbocycles. The van der Waals surface area contributed by atoms with Crippen LogP contribution in [0.2, 0.25) is 30.7 Å². The van der Waals surface area contributed by atoms with Gasteiger partial charge in [-0.25, -0.2) is 4.98 Å². The molecule has 13 heteroatoms. The Morgan fingerprint density at radius 2 is 1.78 bits per heavy atom. The first kappa shape index (κ1) is 34.3. The van der Waals surface area contributed by atoms with Crippen LogP contribution in [0.5, 0.6) is 6.01 Å². The van der Waals surface area contributed by atoms with Crippen molar-refractivity contribution in [3.8, 4) is 17.3 Å². The second kappa shape index (κ2) is 13.2. The average molecular weight is 660 g/mol. The standard InChI is InChI=1S/C32H47BClN3O7Si/c1-20-26(39)18-41-28(20)22(16-38)17-42-30-35-25-15-24(34)27(36-29(25)37(30)19-40-13-14-45(6,7)8)21-9-11-23(12-10-21)33-43-31(2,3)32(4,5)44-33/h9-12,15,20,22,26,28,38-39H,13-14,16-19H2,1-8H3/t20-,22+,26-,28+/m1/s1. The lowest BCUT2D eigenvalue weighted by atomic mass is 9.79. The maximum Gasteiger partial charge on any atom is 0.494 e. The summed E-state index contributed by atoms with van der Waals surface area (Å²) >= 11 is 6.78. The van der Waals surface area contributed by atoms with Crippen molar-refractivity contribution in [3.05, 3.63) is 35.4 Å². The Morgan fingerprint density at radius 3 is 2.36 bits per heavy atom. The molecule has 2 aromatic heterocycles. The van der Waals surface area contributed by atoms with E-state index >= 15 is 0 Å². The minimum Gasteiger partial charge on any atom is -0.464 e. The van der Waals surface area contributed by atoms with Gasteiger partial charge >= 0.3 is 13.1 Å². The van der Waals surface area contributed by atoms with Crippen molar-refractivity contribution in [1.82, 2.24) is 14.5 Å². The van der Waals surface area contributed by atoms with Gasteiger partial charge in [-0.15, -0.1) is 0 Å². The average Bonchev–Trinajstić information content (AvgIpc) is 3.55. The largest absolute Gasteiger partial charge is 0.494 e. The summed E-state index contributed by atoms with van der Waals surface area (Å²) in [4.78, 5) is 9.67. The fourth-order valence-corrected chi connectivity index (χ4v) is 6.49. The van der Waals surface area contributed by atoms with Crippen molar-refractivity contribution in [1.29, 1.82) is 0 Å². The van der Waals surface area contributed by atoms with Gasteiger partial charge in [0.25, 0.3) is 0 Å². The van der Waals surface area contributed by atoms with Gasteiger partial charge < -0.3 is 33.7 Å². The fraction of sp³-hybridized carbons (Fsp3) is 0.625. The number of pyridine rings is 1. The molecule has 10 nitrogen and oxygen atoms in total. The first-order valence-electron chi connectivity index (χ1n) is 15.7. The predicted octanol–water partition coefficient (Wildman–Crippen LogP) is 4.75. The summed E-state index contributed by atoms with van der Waals surface area (Å²) in [6.45, 7) is 18.0. The highest BCUT2D eigenvalue weighted by molar-refractivity contribution is 6.76. The van der Waals surface area contributed by atoms with Crippen molar-refractivity contribution in [2.24, 2.45) is 11.8 Å². The summed E-state index contributed by atoms with van der Waals surface area (Å²) in [7, 11) is -1.76. The molecule has 0 radical (unpaired) electrons. The maximum atomic E-state index is 10.2. The third-order valence-corrected chi connectivity index (χ3v) is 11.3. The Bertz CT molecular complexity index is 1460. The molecule has 4 heterocycles. The van der Waals surface area contributed by atoms with Gasteiger partial charge in [-0.3, -0.25) is 4.57 Å². The number of imidazole rings is 1. The lowest BCUT2D eigenvalue weighted by molar-refractivity contribution is -0.00277. The van der Waals surface area contributed by atoms with Crippen molar-refractivity contribution < 1.29 is 33.7 Å². The van der Waals surface area contributed by atoms with Crippen LogP contribution in [0.3, 0.4) is 0 Å². The van der Waals surface area contributed by atoms with Gasteiger partial charge in [0.15, 0.2) is 5.65 Å². The van der Waals surface area contributed by atoms with Gasteiger partial charge in [-0.2, -0.15) is 4.98 Å². The molecule has 5 rings (SSSR count). The van der Waals surface area contributed by atoms with E-state index in [4.69, 9.17) is 45.1 Å². The molecule has 45 heavy (non-hydrogen) atoms. The molecular formula is C32H47BClN3O7Si. The number of nitrogens with zero attached hydrogens (tertiary/aromatic N) is 3. The van der Waals surface area contributed by atoms with Crippen molar-refractivity contribution in [2.75, 3.05) is 26.4 Å². The van der Waals surface area contributed by atoms with Crippen LogP contribution in [0.25, 0.3) is 22.4 Å². The van der Waals surface area contributed by atoms with E-state index < -0.39 is 32.5 Å². The van der Waals surface area contributed by atoms with E-state index in [1.54, 1.807) is 10.6 Å². The van der Waals surface area contributed by atoms with Gasteiger partial charge in [-0.05, 0) is 45.3 Å². The summed E-state index contributed by atoms with van der Waals surface area (Å²) in [6.07, 6.45) is -0.890. The van der Waals surface area contributed by atoms with Crippen LogP contribution in [-0.4, -0.2) is 89.8 Å². The second-order valence-corrected chi connectivity index (χ2v) is 20.5. The highest BCUT2D eigenvalue weighted by atomic mass is 35.5. The van der Waals surface area contributed by atoms with E-state index in [1.165, 1.54) is 0 Å². The van der Waals surface area contributed by atoms with Crippen LogP contribution in [0.1, 0.15) is 34.6 Å². The molecular weight excluding hydrogens is 613 g/mol. The number of hydrogen-bond donors (Lipinski definition) is 2. The number of ether oxygens (including phenoxy) is 3. The Morgan fingerprint density at radius 1 is 1.11 bits per heavy atom. The van der Waals surface area contributed by atoms with Gasteiger partial charge in [0.2, 0.25) is 0 Å². The van der Waals surface area contributed by atoms with Crippen LogP contribution in [0.15, 0.2) is 30.3 Å². The Kier molecular flexibility index (Phi) is 10.1. The zero-order valence-electron chi connectivity index (χ0n) is 27.7. The zero-order chi connectivity index (χ0) is 32.7. The lowest BCUT2D eigenvalue weighted by Crippen LogP contribution is -2.41. The monoisotopic (exact) mass is 659 g/mol. The molecule has 2 aliphatic rings. The van der Waals surface area contributed by atoms with E-state index in [9.17, 15) is 10.2 Å². The first-order valence-corrected chi connectivity index (χ1v) is 19.8. The van der Waals surface area contributed by atoms with Crippen molar-refractivity contribution in [3.63, 3.8) is 0 Å². The van der Waals surface area contributed by atoms with Crippen LogP contribution >= 0.6 is 11.6 Å². The van der Waals surface area contributed by atoms with Crippen LogP contribution in [-0.2, 0) is 25.5 Å². The van der Waals surface area contributed by atoms with E-state index in [2.05, 4.69) is 19.6 Å². The molecule has 2 fully saturated rings. The third kappa shape index (κ3) is 7.43. The van der Waals surface area contributed by atoms with Gasteiger partial charge in [0.1, 0.15) is 12.2 Å². The SMILES string of the molecule is C[C@H]1[C@@H]([C@@H](CO)COc2nc3cc(Cl)c(-c4ccc(B5OC(C)(C)C(C)(C)O5)cc4)nc3n2COCC[Si](C)(C)C)OC[C@H]1O. The summed E-state index contributed by atoms with van der Waals surface area (Å²) in [5, 5.41) is 20.7. The number of aliphatic hydroxyl groups is 2. The fourth-order valence-electron chi connectivity index (χ4n) is 5.48. The molecule has 2 saturated heterocycles. The molecule has 246 valence electrons. The number of aliphatic hydroxyl groups excluding tert-OH is 2. The second-order valence-electron chi connectivity index (χ2n) is 14.5. The van der Waals surface area contributed by atoms with E-state index in [0.717, 1.165) is 17.1 Å². The smallest absolute Gasteiger partial charge is 0.464 e. The molecule has 0 amide bonds.